The van der Waals surface area contributed by atoms with Crippen LogP contribution < -0.4 is 5.73 Å². The Morgan fingerprint density at radius 2 is 1.75 bits per heavy atom. The first-order chi connectivity index (χ1) is 11.6. The van der Waals surface area contributed by atoms with Gasteiger partial charge in [0.1, 0.15) is 11.6 Å². The van der Waals surface area contributed by atoms with Crippen LogP contribution in [0.2, 0.25) is 0 Å². The van der Waals surface area contributed by atoms with Crippen LogP contribution in [0.15, 0.2) is 48.5 Å². The summed E-state index contributed by atoms with van der Waals surface area (Å²) in [4.78, 5) is 14.1. The minimum Gasteiger partial charge on any atom is -0.341 e. The molecule has 2 rings (SSSR count). The lowest BCUT2D eigenvalue weighted by Gasteiger charge is -2.22. The van der Waals surface area contributed by atoms with E-state index in [0.717, 1.165) is 30.2 Å². The van der Waals surface area contributed by atoms with E-state index in [1.807, 2.05) is 30.3 Å². The number of amides is 1. The van der Waals surface area contributed by atoms with Crippen LogP contribution in [0.25, 0.3) is 0 Å². The van der Waals surface area contributed by atoms with Crippen LogP contribution in [0.5, 0.6) is 0 Å². The fraction of sp³-hybridized carbons (Fsp3) is 0.316. The third-order valence-corrected chi connectivity index (χ3v) is 3.88. The first kappa shape index (κ1) is 18.1. The van der Waals surface area contributed by atoms with Crippen LogP contribution >= 0.6 is 0 Å². The lowest BCUT2D eigenvalue weighted by atomic mass is 10.1. The van der Waals surface area contributed by atoms with Crippen molar-refractivity contribution in [1.29, 1.82) is 0 Å². The van der Waals surface area contributed by atoms with Crippen molar-refractivity contribution >= 4 is 5.91 Å². The van der Waals surface area contributed by atoms with Crippen molar-refractivity contribution < 1.29 is 13.6 Å². The van der Waals surface area contributed by atoms with Crippen LogP contribution in [0.3, 0.4) is 0 Å². The number of aryl methyl sites for hydroxylation is 1. The summed E-state index contributed by atoms with van der Waals surface area (Å²) < 4.78 is 26.8. The molecule has 0 aliphatic carbocycles. The molecule has 0 saturated carbocycles. The van der Waals surface area contributed by atoms with E-state index in [1.54, 1.807) is 4.90 Å². The fourth-order valence-corrected chi connectivity index (χ4v) is 2.56. The van der Waals surface area contributed by atoms with E-state index in [2.05, 4.69) is 0 Å². The first-order valence-corrected chi connectivity index (χ1v) is 8.06. The Balaban J connectivity index is 1.92. The van der Waals surface area contributed by atoms with Gasteiger partial charge >= 0.3 is 0 Å². The normalized spacial score (nSPS) is 10.6. The van der Waals surface area contributed by atoms with Gasteiger partial charge in [-0.25, -0.2) is 8.78 Å². The first-order valence-electron chi connectivity index (χ1n) is 8.06. The number of halogens is 2. The van der Waals surface area contributed by atoms with Crippen molar-refractivity contribution in [2.45, 2.75) is 19.3 Å². The maximum atomic E-state index is 13.6. The van der Waals surface area contributed by atoms with E-state index in [4.69, 9.17) is 5.73 Å². The minimum absolute atomic E-state index is 0.0972. The lowest BCUT2D eigenvalue weighted by Crippen LogP contribution is -2.37. The number of benzene rings is 2. The van der Waals surface area contributed by atoms with Crippen molar-refractivity contribution in [2.24, 2.45) is 5.73 Å². The zero-order valence-electron chi connectivity index (χ0n) is 13.6. The molecule has 0 aliphatic rings. The van der Waals surface area contributed by atoms with Gasteiger partial charge in [0.05, 0.1) is 0 Å². The van der Waals surface area contributed by atoms with Crippen LogP contribution in [-0.4, -0.2) is 30.4 Å². The molecule has 2 aromatic carbocycles. The number of nitrogens with two attached hydrogens (primary N) is 1. The average Bonchev–Trinajstić information content (AvgIpc) is 2.60. The molecule has 0 atom stereocenters. The standard InChI is InChI=1S/C19H22F2N2O/c20-17-7-8-18(21)16(14-17)6-9-19(24)23(13-11-22)12-10-15-4-2-1-3-5-15/h1-5,7-8,14H,6,9-13,22H2. The molecule has 2 aromatic rings. The highest BCUT2D eigenvalue weighted by Gasteiger charge is 2.14. The zero-order valence-corrected chi connectivity index (χ0v) is 13.6. The summed E-state index contributed by atoms with van der Waals surface area (Å²) in [6.07, 6.45) is 1.05. The van der Waals surface area contributed by atoms with Gasteiger partial charge in [0, 0.05) is 26.1 Å². The van der Waals surface area contributed by atoms with Crippen LogP contribution in [-0.2, 0) is 17.6 Å². The molecule has 2 N–H and O–H groups in total. The molecule has 3 nitrogen and oxygen atoms in total. The zero-order chi connectivity index (χ0) is 17.4. The molecule has 0 radical (unpaired) electrons. The van der Waals surface area contributed by atoms with E-state index >= 15 is 0 Å². The maximum Gasteiger partial charge on any atom is 0.222 e. The number of nitrogens with zero attached hydrogens (tertiary/aromatic N) is 1. The molecule has 0 unspecified atom stereocenters. The van der Waals surface area contributed by atoms with E-state index in [-0.39, 0.29) is 24.3 Å². The highest BCUT2D eigenvalue weighted by Crippen LogP contribution is 2.13. The van der Waals surface area contributed by atoms with E-state index in [1.165, 1.54) is 0 Å². The van der Waals surface area contributed by atoms with Gasteiger partial charge in [-0.2, -0.15) is 0 Å². The number of hydrogen-bond donors (Lipinski definition) is 1. The smallest absolute Gasteiger partial charge is 0.222 e. The fourth-order valence-electron chi connectivity index (χ4n) is 2.56. The lowest BCUT2D eigenvalue weighted by molar-refractivity contribution is -0.131. The van der Waals surface area contributed by atoms with Crippen molar-refractivity contribution in [1.82, 2.24) is 4.90 Å². The SMILES string of the molecule is NCCN(CCc1ccccc1)C(=O)CCc1cc(F)ccc1F. The van der Waals surface area contributed by atoms with Gasteiger partial charge in [0.15, 0.2) is 0 Å². The second kappa shape index (κ2) is 9.13. The van der Waals surface area contributed by atoms with Gasteiger partial charge in [-0.05, 0) is 42.2 Å². The van der Waals surface area contributed by atoms with Gasteiger partial charge in [-0.15, -0.1) is 0 Å². The molecule has 0 bridgehead atoms. The molecule has 0 aromatic heterocycles. The highest BCUT2D eigenvalue weighted by atomic mass is 19.1. The second-order valence-electron chi connectivity index (χ2n) is 5.64. The van der Waals surface area contributed by atoms with E-state index in [0.29, 0.717) is 19.6 Å². The molecule has 0 saturated heterocycles. The Bertz CT molecular complexity index is 662. The molecular formula is C19H22F2N2O. The Morgan fingerprint density at radius 3 is 2.46 bits per heavy atom. The molecule has 24 heavy (non-hydrogen) atoms. The summed E-state index contributed by atoms with van der Waals surface area (Å²) in [6.45, 7) is 1.39. The molecule has 0 fully saturated rings. The Labute approximate surface area is 141 Å². The van der Waals surface area contributed by atoms with Crippen LogP contribution in [0.1, 0.15) is 17.5 Å². The van der Waals surface area contributed by atoms with E-state index < -0.39 is 11.6 Å². The number of carbonyl (C=O) groups excluding carboxylic acids is 1. The van der Waals surface area contributed by atoms with Crippen molar-refractivity contribution in [3.63, 3.8) is 0 Å². The minimum atomic E-state index is -0.498. The van der Waals surface area contributed by atoms with Gasteiger partial charge in [-0.3, -0.25) is 4.79 Å². The van der Waals surface area contributed by atoms with Gasteiger partial charge in [-0.1, -0.05) is 30.3 Å². The van der Waals surface area contributed by atoms with Crippen molar-refractivity contribution in [3.05, 3.63) is 71.3 Å². The number of hydrogen-bond acceptors (Lipinski definition) is 2. The van der Waals surface area contributed by atoms with Gasteiger partial charge in [0.2, 0.25) is 5.91 Å². The van der Waals surface area contributed by atoms with Gasteiger partial charge < -0.3 is 10.6 Å². The molecule has 128 valence electrons. The summed E-state index contributed by atoms with van der Waals surface area (Å²) in [5.41, 5.74) is 6.95. The monoisotopic (exact) mass is 332 g/mol. The van der Waals surface area contributed by atoms with Crippen LogP contribution in [0, 0.1) is 11.6 Å². The molecule has 0 aliphatic heterocycles. The third kappa shape index (κ3) is 5.42. The largest absolute Gasteiger partial charge is 0.341 e. The average molecular weight is 332 g/mol. The summed E-state index contributed by atoms with van der Waals surface area (Å²) in [5.74, 6) is -1.08. The molecular weight excluding hydrogens is 310 g/mol. The van der Waals surface area contributed by atoms with Crippen LogP contribution in [0.4, 0.5) is 8.78 Å². The number of rotatable bonds is 8. The summed E-state index contributed by atoms with van der Waals surface area (Å²) >= 11 is 0. The second-order valence-corrected chi connectivity index (χ2v) is 5.64. The predicted octanol–water partition coefficient (Wildman–Crippen LogP) is 2.93. The maximum absolute atomic E-state index is 13.6. The van der Waals surface area contributed by atoms with E-state index in [9.17, 15) is 13.6 Å². The Kier molecular flexibility index (Phi) is 6.88. The topological polar surface area (TPSA) is 46.3 Å². The Morgan fingerprint density at radius 1 is 1.00 bits per heavy atom. The molecule has 0 spiro atoms. The third-order valence-electron chi connectivity index (χ3n) is 3.88. The summed E-state index contributed by atoms with van der Waals surface area (Å²) in [5, 5.41) is 0. The molecule has 0 heterocycles. The summed E-state index contributed by atoms with van der Waals surface area (Å²) in [7, 11) is 0. The van der Waals surface area contributed by atoms with Gasteiger partial charge in [0.25, 0.3) is 0 Å². The van der Waals surface area contributed by atoms with Crippen molar-refractivity contribution in [2.75, 3.05) is 19.6 Å². The molecule has 5 heteroatoms. The predicted molar refractivity (Wildman–Crippen MR) is 90.5 cm³/mol. The quantitative estimate of drug-likeness (QED) is 0.808. The number of carbonyl (C=O) groups is 1. The molecule has 1 amide bonds. The summed E-state index contributed by atoms with van der Waals surface area (Å²) in [6, 6.07) is 13.2. The van der Waals surface area contributed by atoms with Crippen molar-refractivity contribution in [3.8, 4) is 0 Å². The highest BCUT2D eigenvalue weighted by molar-refractivity contribution is 5.76. The Hall–Kier alpha value is -2.27.